The van der Waals surface area contributed by atoms with Crippen molar-refractivity contribution in [1.82, 2.24) is 15.1 Å². The smallest absolute Gasteiger partial charge is 0.303 e. The number of amides is 3. The lowest BCUT2D eigenvalue weighted by Gasteiger charge is -2.25. The Bertz CT molecular complexity index is 1930. The van der Waals surface area contributed by atoms with E-state index in [1.165, 1.54) is 16.7 Å². The van der Waals surface area contributed by atoms with Crippen LogP contribution in [0, 0.1) is 0 Å². The summed E-state index contributed by atoms with van der Waals surface area (Å²) in [5.74, 6) is -0.237. The molecule has 3 amide bonds. The van der Waals surface area contributed by atoms with Crippen LogP contribution in [0.15, 0.2) is 97.1 Å². The molecule has 0 fully saturated rings. The third kappa shape index (κ3) is 14.3. The molecule has 304 valence electrons. The maximum atomic E-state index is 12.4. The number of carboxylic acids is 1. The molecule has 11 heteroatoms. The Morgan fingerprint density at radius 3 is 1.54 bits per heavy atom. The summed E-state index contributed by atoms with van der Waals surface area (Å²) in [6.45, 7) is 5.24. The molecule has 0 bridgehead atoms. The highest BCUT2D eigenvalue weighted by Crippen LogP contribution is 2.26. The molecule has 6 rings (SSSR count). The van der Waals surface area contributed by atoms with Crippen molar-refractivity contribution in [2.45, 2.75) is 76.3 Å². The summed E-state index contributed by atoms with van der Waals surface area (Å²) < 4.78 is 0. The van der Waals surface area contributed by atoms with Gasteiger partial charge in [0.2, 0.25) is 17.7 Å². The monoisotopic (exact) mass is 776 g/mol. The lowest BCUT2D eigenvalue weighted by atomic mass is 9.97. The zero-order valence-corrected chi connectivity index (χ0v) is 34.3. The molecule has 2 heterocycles. The second-order valence-corrected chi connectivity index (χ2v) is 15.5. The van der Waals surface area contributed by atoms with Gasteiger partial charge in [-0.15, -0.1) is 0 Å². The van der Waals surface area contributed by atoms with E-state index in [4.69, 9.17) is 10.8 Å². The van der Waals surface area contributed by atoms with Crippen molar-refractivity contribution in [2.24, 2.45) is 5.73 Å². The van der Waals surface area contributed by atoms with Gasteiger partial charge in [0.15, 0.2) is 0 Å². The second-order valence-electron chi connectivity index (χ2n) is 15.5. The SMILES string of the molecule is CN(C)[C@H](CN)Cc1ccc2c(c1)CC(=O)N2.C[C@@H](CC(=O)NC[C@H](Cc1ccc2c(c1)CC(=O)N2)N(C)C)c1ccccc1.C[C@@H](CC(=O)O)c1ccccc1. The van der Waals surface area contributed by atoms with Crippen LogP contribution in [0.5, 0.6) is 0 Å². The van der Waals surface area contributed by atoms with Gasteiger partial charge in [-0.3, -0.25) is 19.2 Å². The van der Waals surface area contributed by atoms with Crippen molar-refractivity contribution >= 4 is 35.1 Å². The number of hydrogen-bond acceptors (Lipinski definition) is 7. The van der Waals surface area contributed by atoms with Gasteiger partial charge in [0.05, 0.1) is 19.3 Å². The number of carboxylic acid groups (broad SMARTS) is 1. The van der Waals surface area contributed by atoms with Gasteiger partial charge in [0, 0.05) is 43.0 Å². The lowest BCUT2D eigenvalue weighted by molar-refractivity contribution is -0.137. The topological polar surface area (TPSA) is 157 Å². The Morgan fingerprint density at radius 1 is 0.684 bits per heavy atom. The van der Waals surface area contributed by atoms with E-state index >= 15 is 0 Å². The molecule has 11 nitrogen and oxygen atoms in total. The zero-order chi connectivity index (χ0) is 41.5. The minimum atomic E-state index is -0.744. The van der Waals surface area contributed by atoms with Crippen LogP contribution in [0.4, 0.5) is 11.4 Å². The third-order valence-electron chi connectivity index (χ3n) is 10.5. The number of anilines is 2. The zero-order valence-electron chi connectivity index (χ0n) is 34.3. The van der Waals surface area contributed by atoms with Gasteiger partial charge in [-0.2, -0.15) is 0 Å². The van der Waals surface area contributed by atoms with E-state index in [-0.39, 0.29) is 42.0 Å². The average Bonchev–Trinajstić information content (AvgIpc) is 3.75. The normalized spacial score (nSPS) is 14.8. The van der Waals surface area contributed by atoms with Crippen LogP contribution in [-0.4, -0.2) is 92.0 Å². The highest BCUT2D eigenvalue weighted by molar-refractivity contribution is 5.99. The van der Waals surface area contributed by atoms with E-state index < -0.39 is 5.97 Å². The van der Waals surface area contributed by atoms with Crippen molar-refractivity contribution in [1.29, 1.82) is 0 Å². The molecule has 57 heavy (non-hydrogen) atoms. The van der Waals surface area contributed by atoms with E-state index in [1.54, 1.807) is 0 Å². The first-order chi connectivity index (χ1) is 27.2. The fourth-order valence-electron chi connectivity index (χ4n) is 6.92. The molecule has 0 saturated carbocycles. The van der Waals surface area contributed by atoms with Crippen LogP contribution in [0.1, 0.15) is 71.9 Å². The van der Waals surface area contributed by atoms with E-state index in [2.05, 4.69) is 69.1 Å². The first kappa shape index (κ1) is 44.4. The second kappa shape index (κ2) is 21.8. The van der Waals surface area contributed by atoms with Gasteiger partial charge >= 0.3 is 5.97 Å². The first-order valence-corrected chi connectivity index (χ1v) is 19.7. The van der Waals surface area contributed by atoms with Gasteiger partial charge in [0.25, 0.3) is 0 Å². The molecule has 0 aliphatic carbocycles. The molecule has 0 unspecified atom stereocenters. The molecule has 0 radical (unpaired) electrons. The molecule has 0 saturated heterocycles. The quantitative estimate of drug-likeness (QED) is 0.101. The van der Waals surface area contributed by atoms with Crippen LogP contribution in [0.2, 0.25) is 0 Å². The van der Waals surface area contributed by atoms with Crippen molar-refractivity contribution in [3.63, 3.8) is 0 Å². The third-order valence-corrected chi connectivity index (χ3v) is 10.5. The predicted molar refractivity (Wildman–Crippen MR) is 229 cm³/mol. The van der Waals surface area contributed by atoms with Gasteiger partial charge < -0.3 is 36.6 Å². The summed E-state index contributed by atoms with van der Waals surface area (Å²) in [4.78, 5) is 49.9. The summed E-state index contributed by atoms with van der Waals surface area (Å²) in [5.41, 5.74) is 14.5. The number of carbonyl (C=O) groups is 4. The standard InChI is InChI=1S/C23H29N3O2.C13H19N3O.C10H12O2/c1-16(18-7-5-4-6-8-18)11-22(27)24-15-20(26(2)3)13-17-9-10-21-19(12-17)14-23(28)25-21;1-16(2)11(8-14)6-9-3-4-12-10(5-9)7-13(17)15-12;1-8(7-10(11)12)9-5-3-2-4-6-9/h4-10,12,16,20H,11,13-15H2,1-3H3,(H,24,27)(H,25,28);3-5,11H,6-8,14H2,1-2H3,(H,15,17);2-6,8H,7H2,1H3,(H,11,12)/t16-,20-;11-;8-/m000/s1. The molecular formula is C46H60N6O5. The van der Waals surface area contributed by atoms with E-state index in [0.29, 0.717) is 38.4 Å². The van der Waals surface area contributed by atoms with E-state index in [1.807, 2.05) is 95.8 Å². The number of rotatable bonds is 15. The molecule has 4 atom stereocenters. The minimum absolute atomic E-state index is 0.0520. The van der Waals surface area contributed by atoms with Crippen LogP contribution < -0.4 is 21.7 Å². The molecule has 0 spiro atoms. The number of carbonyl (C=O) groups excluding carboxylic acids is 3. The Labute approximate surface area is 338 Å². The molecule has 4 aromatic rings. The maximum Gasteiger partial charge on any atom is 0.303 e. The van der Waals surface area contributed by atoms with Crippen molar-refractivity contribution < 1.29 is 24.3 Å². The minimum Gasteiger partial charge on any atom is -0.481 e. The van der Waals surface area contributed by atoms with Gasteiger partial charge in [-0.1, -0.05) is 98.8 Å². The summed E-state index contributed by atoms with van der Waals surface area (Å²) in [5, 5.41) is 17.3. The first-order valence-electron chi connectivity index (χ1n) is 19.7. The number of nitrogens with two attached hydrogens (primary N) is 1. The fourth-order valence-corrected chi connectivity index (χ4v) is 6.92. The highest BCUT2D eigenvalue weighted by Gasteiger charge is 2.21. The van der Waals surface area contributed by atoms with Crippen molar-refractivity contribution in [3.8, 4) is 0 Å². The number of nitrogens with one attached hydrogen (secondary N) is 3. The predicted octanol–water partition coefficient (Wildman–Crippen LogP) is 5.84. The largest absolute Gasteiger partial charge is 0.481 e. The number of likely N-dealkylation sites (N-methyl/N-ethyl adjacent to an activating group) is 2. The fraction of sp³-hybridized carbons (Fsp3) is 0.391. The van der Waals surface area contributed by atoms with Crippen LogP contribution in [0.3, 0.4) is 0 Å². The maximum absolute atomic E-state index is 12.4. The Morgan fingerprint density at radius 2 is 1.12 bits per heavy atom. The van der Waals surface area contributed by atoms with Crippen molar-refractivity contribution in [2.75, 3.05) is 51.9 Å². The average molecular weight is 777 g/mol. The number of benzene rings is 4. The lowest BCUT2D eigenvalue weighted by Crippen LogP contribution is -2.41. The number of fused-ring (bicyclic) bond motifs is 2. The Balaban J connectivity index is 0.000000210. The summed E-state index contributed by atoms with van der Waals surface area (Å²) in [7, 11) is 8.13. The van der Waals surface area contributed by atoms with Crippen LogP contribution >= 0.6 is 0 Å². The Hall–Kier alpha value is -5.36. The summed E-state index contributed by atoms with van der Waals surface area (Å²) >= 11 is 0. The molecule has 4 aromatic carbocycles. The van der Waals surface area contributed by atoms with Crippen LogP contribution in [-0.2, 0) is 44.9 Å². The highest BCUT2D eigenvalue weighted by atomic mass is 16.4. The van der Waals surface area contributed by atoms with Crippen molar-refractivity contribution in [3.05, 3.63) is 130 Å². The van der Waals surface area contributed by atoms with Crippen LogP contribution in [0.25, 0.3) is 0 Å². The molecular weight excluding hydrogens is 717 g/mol. The van der Waals surface area contributed by atoms with Gasteiger partial charge in [0.1, 0.15) is 0 Å². The van der Waals surface area contributed by atoms with E-state index in [0.717, 1.165) is 40.9 Å². The summed E-state index contributed by atoms with van der Waals surface area (Å²) in [6.07, 6.45) is 3.37. The number of hydrogen-bond donors (Lipinski definition) is 5. The number of nitrogens with zero attached hydrogens (tertiary/aromatic N) is 2. The molecule has 2 aliphatic rings. The summed E-state index contributed by atoms with van der Waals surface area (Å²) in [6, 6.07) is 32.6. The Kier molecular flexibility index (Phi) is 17.0. The molecule has 0 aromatic heterocycles. The van der Waals surface area contributed by atoms with E-state index in [9.17, 15) is 19.2 Å². The molecule has 6 N–H and O–H groups in total. The van der Waals surface area contributed by atoms with Gasteiger partial charge in [-0.05, 0) is 98.4 Å². The number of aliphatic carboxylic acids is 1. The van der Waals surface area contributed by atoms with Gasteiger partial charge in [-0.25, -0.2) is 0 Å². The molecule has 2 aliphatic heterocycles.